The lowest BCUT2D eigenvalue weighted by Gasteiger charge is -2.04. The van der Waals surface area contributed by atoms with Crippen molar-refractivity contribution in [3.63, 3.8) is 0 Å². The summed E-state index contributed by atoms with van der Waals surface area (Å²) in [6, 6.07) is 12.3. The minimum atomic E-state index is -3.58. The molecule has 0 fully saturated rings. The van der Waals surface area contributed by atoms with Gasteiger partial charge >= 0.3 is 5.91 Å². The molecule has 2 aromatic heterocycles. The molecule has 2 heterocycles. The number of carbonyl (C=O) groups is 2. The summed E-state index contributed by atoms with van der Waals surface area (Å²) in [5.41, 5.74) is 4.90. The summed E-state index contributed by atoms with van der Waals surface area (Å²) in [5.74, 6) is -1.49. The summed E-state index contributed by atoms with van der Waals surface area (Å²) in [4.78, 5) is 23.9. The van der Waals surface area contributed by atoms with Crippen LogP contribution in [0.4, 0.5) is 0 Å². The first-order valence-corrected chi connectivity index (χ1v) is 10.0. The number of carbonyl (C=O) groups excluding carboxylic acids is 2. The minimum Gasteiger partial charge on any atom is -0.455 e. The van der Waals surface area contributed by atoms with Crippen LogP contribution in [0, 0.1) is 0 Å². The van der Waals surface area contributed by atoms with Crippen LogP contribution in [0.15, 0.2) is 68.6 Å². The smallest absolute Gasteiger partial charge is 0.305 e. The molecule has 0 aliphatic rings. The standard InChI is InChI=1S/C17H14N2O5S2/c20-16(12-8-9-25-10-12)18-19-17(21)15-7-6-13(24-15)11-26(22,23)14-4-2-1-3-5-14/h1-10H,11H2,(H,18,20)(H,19,21). The quantitative estimate of drug-likeness (QED) is 0.651. The molecule has 0 radical (unpaired) electrons. The van der Waals surface area contributed by atoms with Gasteiger partial charge in [-0.1, -0.05) is 18.2 Å². The van der Waals surface area contributed by atoms with Crippen molar-refractivity contribution in [2.45, 2.75) is 10.6 Å². The number of hydrogen-bond donors (Lipinski definition) is 2. The fourth-order valence-electron chi connectivity index (χ4n) is 2.12. The van der Waals surface area contributed by atoms with Gasteiger partial charge in [-0.25, -0.2) is 8.42 Å². The molecule has 0 saturated heterocycles. The van der Waals surface area contributed by atoms with Gasteiger partial charge in [-0.2, -0.15) is 11.3 Å². The van der Waals surface area contributed by atoms with Crippen molar-refractivity contribution < 1.29 is 22.4 Å². The Morgan fingerprint density at radius 1 is 0.962 bits per heavy atom. The van der Waals surface area contributed by atoms with Gasteiger partial charge in [-0.05, 0) is 35.7 Å². The number of benzene rings is 1. The van der Waals surface area contributed by atoms with E-state index in [0.29, 0.717) is 5.56 Å². The Bertz CT molecular complexity index is 1010. The van der Waals surface area contributed by atoms with E-state index < -0.39 is 21.7 Å². The van der Waals surface area contributed by atoms with E-state index >= 15 is 0 Å². The number of sulfone groups is 1. The van der Waals surface area contributed by atoms with Gasteiger partial charge < -0.3 is 4.42 Å². The van der Waals surface area contributed by atoms with Gasteiger partial charge in [0.15, 0.2) is 15.6 Å². The largest absolute Gasteiger partial charge is 0.455 e. The first kappa shape index (κ1) is 17.9. The maximum absolute atomic E-state index is 12.3. The van der Waals surface area contributed by atoms with E-state index in [1.54, 1.807) is 35.0 Å². The summed E-state index contributed by atoms with van der Waals surface area (Å²) >= 11 is 1.36. The highest BCUT2D eigenvalue weighted by molar-refractivity contribution is 7.90. The Morgan fingerprint density at radius 2 is 1.69 bits per heavy atom. The molecule has 7 nitrogen and oxygen atoms in total. The lowest BCUT2D eigenvalue weighted by Crippen LogP contribution is -2.41. The highest BCUT2D eigenvalue weighted by atomic mass is 32.2. The molecule has 3 aromatic rings. The molecule has 26 heavy (non-hydrogen) atoms. The van der Waals surface area contributed by atoms with E-state index in [1.807, 2.05) is 0 Å². The van der Waals surface area contributed by atoms with Crippen molar-refractivity contribution in [1.29, 1.82) is 0 Å². The van der Waals surface area contributed by atoms with Crippen molar-refractivity contribution in [3.8, 4) is 0 Å². The van der Waals surface area contributed by atoms with Crippen LogP contribution in [0.5, 0.6) is 0 Å². The lowest BCUT2D eigenvalue weighted by atomic mass is 10.3. The Balaban J connectivity index is 1.62. The SMILES string of the molecule is O=C(NNC(=O)c1ccc(CS(=O)(=O)c2ccccc2)o1)c1ccsc1. The summed E-state index contributed by atoms with van der Waals surface area (Å²) in [6.07, 6.45) is 0. The number of amides is 2. The van der Waals surface area contributed by atoms with E-state index in [2.05, 4.69) is 10.9 Å². The monoisotopic (exact) mass is 390 g/mol. The van der Waals surface area contributed by atoms with Crippen LogP contribution in [0.25, 0.3) is 0 Å². The molecular weight excluding hydrogens is 376 g/mol. The molecule has 9 heteroatoms. The van der Waals surface area contributed by atoms with E-state index in [4.69, 9.17) is 4.42 Å². The third-order valence-corrected chi connectivity index (χ3v) is 5.73. The molecule has 3 rings (SSSR count). The molecule has 0 atom stereocenters. The van der Waals surface area contributed by atoms with Gasteiger partial charge in [-0.3, -0.25) is 20.4 Å². The number of rotatable bonds is 5. The van der Waals surface area contributed by atoms with Crippen LogP contribution in [0.3, 0.4) is 0 Å². The van der Waals surface area contributed by atoms with Crippen molar-refractivity contribution in [3.05, 3.63) is 76.4 Å². The highest BCUT2D eigenvalue weighted by Crippen LogP contribution is 2.18. The molecule has 0 spiro atoms. The normalized spacial score (nSPS) is 11.1. The average Bonchev–Trinajstić information content (AvgIpc) is 3.32. The lowest BCUT2D eigenvalue weighted by molar-refractivity contribution is 0.0830. The summed E-state index contributed by atoms with van der Waals surface area (Å²) in [6.45, 7) is 0. The van der Waals surface area contributed by atoms with Gasteiger partial charge in [0, 0.05) is 5.38 Å². The second-order valence-corrected chi connectivity index (χ2v) is 8.03. The summed E-state index contributed by atoms with van der Waals surface area (Å²) in [5, 5.41) is 3.38. The molecule has 2 N–H and O–H groups in total. The number of hydrogen-bond acceptors (Lipinski definition) is 6. The average molecular weight is 390 g/mol. The predicted molar refractivity (Wildman–Crippen MR) is 95.3 cm³/mol. The van der Waals surface area contributed by atoms with Crippen LogP contribution in [0.1, 0.15) is 26.7 Å². The second kappa shape index (κ2) is 7.54. The van der Waals surface area contributed by atoms with Gasteiger partial charge in [0.05, 0.1) is 10.5 Å². The molecule has 134 valence electrons. The Hall–Kier alpha value is -2.91. The number of hydrazine groups is 1. The maximum Gasteiger partial charge on any atom is 0.305 e. The zero-order valence-corrected chi connectivity index (χ0v) is 15.0. The van der Waals surface area contributed by atoms with Gasteiger partial charge in [0.2, 0.25) is 0 Å². The van der Waals surface area contributed by atoms with Crippen molar-refractivity contribution in [1.82, 2.24) is 10.9 Å². The van der Waals surface area contributed by atoms with E-state index in [0.717, 1.165) is 0 Å². The molecular formula is C17H14N2O5S2. The Labute approximate surface area is 153 Å². The first-order chi connectivity index (χ1) is 12.5. The number of thiophene rings is 1. The summed E-state index contributed by atoms with van der Waals surface area (Å²) < 4.78 is 29.9. The second-order valence-electron chi connectivity index (χ2n) is 5.26. The third kappa shape index (κ3) is 4.19. The number of nitrogens with one attached hydrogen (secondary N) is 2. The molecule has 0 bridgehead atoms. The van der Waals surface area contributed by atoms with Crippen LogP contribution in [-0.2, 0) is 15.6 Å². The summed E-state index contributed by atoms with van der Waals surface area (Å²) in [7, 11) is -3.58. The van der Waals surface area contributed by atoms with E-state index in [1.165, 1.54) is 35.6 Å². The third-order valence-electron chi connectivity index (χ3n) is 3.39. The molecule has 1 aromatic carbocycles. The zero-order chi connectivity index (χ0) is 18.6. The van der Waals surface area contributed by atoms with Gasteiger partial charge in [-0.15, -0.1) is 0 Å². The molecule has 2 amide bonds. The van der Waals surface area contributed by atoms with E-state index in [-0.39, 0.29) is 22.2 Å². The van der Waals surface area contributed by atoms with Gasteiger partial charge in [0.25, 0.3) is 5.91 Å². The van der Waals surface area contributed by atoms with Crippen molar-refractivity contribution in [2.75, 3.05) is 0 Å². The fraction of sp³-hybridized carbons (Fsp3) is 0.0588. The van der Waals surface area contributed by atoms with Gasteiger partial charge in [0.1, 0.15) is 11.5 Å². The predicted octanol–water partition coefficient (Wildman–Crippen LogP) is 2.39. The minimum absolute atomic E-state index is 0.103. The van der Waals surface area contributed by atoms with Crippen LogP contribution in [0.2, 0.25) is 0 Å². The fourth-order valence-corrected chi connectivity index (χ4v) is 4.02. The highest BCUT2D eigenvalue weighted by Gasteiger charge is 2.19. The topological polar surface area (TPSA) is 105 Å². The zero-order valence-electron chi connectivity index (χ0n) is 13.3. The molecule has 0 saturated carbocycles. The van der Waals surface area contributed by atoms with Crippen LogP contribution in [-0.4, -0.2) is 20.2 Å². The Morgan fingerprint density at radius 3 is 2.38 bits per heavy atom. The van der Waals surface area contributed by atoms with Crippen LogP contribution >= 0.6 is 11.3 Å². The molecule has 0 aliphatic heterocycles. The maximum atomic E-state index is 12.3. The van der Waals surface area contributed by atoms with E-state index in [9.17, 15) is 18.0 Å². The number of furan rings is 1. The van der Waals surface area contributed by atoms with Crippen molar-refractivity contribution >= 4 is 33.0 Å². The molecule has 0 aliphatic carbocycles. The first-order valence-electron chi connectivity index (χ1n) is 7.45. The molecule has 0 unspecified atom stereocenters. The van der Waals surface area contributed by atoms with Crippen molar-refractivity contribution in [2.24, 2.45) is 0 Å². The Kier molecular flexibility index (Phi) is 5.19. The van der Waals surface area contributed by atoms with Crippen LogP contribution < -0.4 is 10.9 Å².